The summed E-state index contributed by atoms with van der Waals surface area (Å²) in [7, 11) is 0. The zero-order valence-corrected chi connectivity index (χ0v) is 22.3. The lowest BCUT2D eigenvalue weighted by Gasteiger charge is -2.16. The molecule has 5 rings (SSSR count). The molecular formula is C28H23FN8O6. The number of nitrogen functional groups attached to an aromatic ring is 2. The van der Waals surface area contributed by atoms with Crippen molar-refractivity contribution in [3.8, 4) is 0 Å². The summed E-state index contributed by atoms with van der Waals surface area (Å²) in [6.45, 7) is 1.61. The lowest BCUT2D eigenvalue weighted by molar-refractivity contribution is 0.0696. The number of anilines is 4. The predicted octanol–water partition coefficient (Wildman–Crippen LogP) is 1.49. The standard InChI is InChI=1S/C28H23FN8O6/c1-12(14-3-5-15(6-4-14)28(42)43)34-27(41)20-9-19(36-25-17(30)11-33-37(20)25)26(40)32-10-13-2-7-16(29)18(8-13)35-22-21(31)23(38)24(22)39/h2-9,11-12,35H,10,30-31H2,1H3,(H,32,40)(H,34,41)(H,42,43)/t12-/m1/s1. The van der Waals surface area contributed by atoms with E-state index in [4.69, 9.17) is 16.6 Å². The van der Waals surface area contributed by atoms with Gasteiger partial charge in [0.25, 0.3) is 22.7 Å². The third kappa shape index (κ3) is 5.46. The van der Waals surface area contributed by atoms with Crippen molar-refractivity contribution in [3.05, 3.63) is 109 Å². The Morgan fingerprint density at radius 1 is 1.02 bits per heavy atom. The summed E-state index contributed by atoms with van der Waals surface area (Å²) in [6.07, 6.45) is 1.28. The van der Waals surface area contributed by atoms with Crippen LogP contribution in [-0.4, -0.2) is 37.5 Å². The number of amides is 2. The Hall–Kier alpha value is -6.12. The Balaban J connectivity index is 1.34. The fraction of sp³-hybridized carbons (Fsp3) is 0.107. The average Bonchev–Trinajstić information content (AvgIpc) is 3.38. The summed E-state index contributed by atoms with van der Waals surface area (Å²) >= 11 is 0. The molecule has 0 saturated carbocycles. The second-order valence-corrected chi connectivity index (χ2v) is 9.55. The topological polar surface area (TPSA) is 224 Å². The molecule has 218 valence electrons. The number of halogens is 1. The average molecular weight is 587 g/mol. The molecule has 0 fully saturated rings. The van der Waals surface area contributed by atoms with Crippen molar-refractivity contribution in [2.45, 2.75) is 19.5 Å². The van der Waals surface area contributed by atoms with Crippen molar-refractivity contribution in [1.82, 2.24) is 25.2 Å². The molecule has 14 nitrogen and oxygen atoms in total. The molecule has 0 radical (unpaired) electrons. The number of carboxylic acid groups (broad SMARTS) is 1. The monoisotopic (exact) mass is 586 g/mol. The normalized spacial score (nSPS) is 11.8. The third-order valence-corrected chi connectivity index (χ3v) is 6.66. The number of carbonyl (C=O) groups excluding carboxylic acids is 2. The van der Waals surface area contributed by atoms with Crippen molar-refractivity contribution < 1.29 is 23.9 Å². The minimum Gasteiger partial charge on any atom is -0.478 e. The molecular weight excluding hydrogens is 563 g/mol. The van der Waals surface area contributed by atoms with Gasteiger partial charge in [0.1, 0.15) is 28.6 Å². The fourth-order valence-corrected chi connectivity index (χ4v) is 4.25. The van der Waals surface area contributed by atoms with Crippen molar-refractivity contribution in [2.24, 2.45) is 0 Å². The molecule has 0 aliphatic rings. The summed E-state index contributed by atoms with van der Waals surface area (Å²) < 4.78 is 15.5. The van der Waals surface area contributed by atoms with Gasteiger partial charge in [0.2, 0.25) is 0 Å². The van der Waals surface area contributed by atoms with Gasteiger partial charge in [-0.3, -0.25) is 19.2 Å². The van der Waals surface area contributed by atoms with Crippen LogP contribution in [0.5, 0.6) is 0 Å². The van der Waals surface area contributed by atoms with Gasteiger partial charge in [-0.15, -0.1) is 0 Å². The van der Waals surface area contributed by atoms with Gasteiger partial charge in [-0.25, -0.2) is 18.7 Å². The minimum absolute atomic E-state index is 0.0419. The first-order valence-electron chi connectivity index (χ1n) is 12.7. The van der Waals surface area contributed by atoms with Crippen LogP contribution in [0.1, 0.15) is 55.4 Å². The molecule has 15 heteroatoms. The smallest absolute Gasteiger partial charge is 0.335 e. The highest BCUT2D eigenvalue weighted by molar-refractivity contribution is 5.99. The SMILES string of the molecule is C[C@@H](NC(=O)c1cc(C(=O)NCc2ccc(F)c(Nc3c(N)c(=O)c3=O)c2)nc2c(N)cnn12)c1ccc(C(=O)O)cc1. The van der Waals surface area contributed by atoms with Crippen molar-refractivity contribution in [3.63, 3.8) is 0 Å². The quantitative estimate of drug-likeness (QED) is 0.136. The predicted molar refractivity (Wildman–Crippen MR) is 153 cm³/mol. The van der Waals surface area contributed by atoms with E-state index in [0.717, 1.165) is 6.07 Å². The molecule has 0 unspecified atom stereocenters. The number of hydrogen-bond donors (Lipinski definition) is 6. The van der Waals surface area contributed by atoms with Crippen LogP contribution in [0.3, 0.4) is 0 Å². The second kappa shape index (κ2) is 11.0. The van der Waals surface area contributed by atoms with Crippen LogP contribution in [0.15, 0.2) is 64.3 Å². The Kier molecular flexibility index (Phi) is 7.29. The number of rotatable bonds is 9. The molecule has 0 spiro atoms. The van der Waals surface area contributed by atoms with Crippen LogP contribution < -0.4 is 38.3 Å². The Bertz CT molecular complexity index is 2000. The van der Waals surface area contributed by atoms with Crippen LogP contribution in [0.2, 0.25) is 0 Å². The zero-order valence-electron chi connectivity index (χ0n) is 22.3. The number of nitrogens with two attached hydrogens (primary N) is 2. The van der Waals surface area contributed by atoms with Crippen LogP contribution in [0.4, 0.5) is 27.1 Å². The number of carbonyl (C=O) groups is 3. The first-order valence-corrected chi connectivity index (χ1v) is 12.7. The van der Waals surface area contributed by atoms with Gasteiger partial charge in [-0.2, -0.15) is 5.10 Å². The number of aromatic carboxylic acids is 1. The molecule has 0 aliphatic heterocycles. The van der Waals surface area contributed by atoms with Gasteiger partial charge >= 0.3 is 5.97 Å². The van der Waals surface area contributed by atoms with Gasteiger partial charge in [0, 0.05) is 12.6 Å². The number of hydrogen-bond acceptors (Lipinski definition) is 10. The molecule has 0 saturated heterocycles. The highest BCUT2D eigenvalue weighted by Gasteiger charge is 2.22. The van der Waals surface area contributed by atoms with E-state index in [2.05, 4.69) is 26.0 Å². The molecule has 5 aromatic rings. The molecule has 1 atom stereocenters. The molecule has 2 heterocycles. The van der Waals surface area contributed by atoms with E-state index in [1.54, 1.807) is 19.1 Å². The first kappa shape index (κ1) is 28.4. The van der Waals surface area contributed by atoms with E-state index in [9.17, 15) is 28.4 Å². The number of fused-ring (bicyclic) bond motifs is 1. The van der Waals surface area contributed by atoms with Crippen molar-refractivity contribution in [1.29, 1.82) is 0 Å². The molecule has 0 aliphatic carbocycles. The van der Waals surface area contributed by atoms with Gasteiger partial charge in [-0.05, 0) is 42.3 Å². The lowest BCUT2D eigenvalue weighted by atomic mass is 10.1. The van der Waals surface area contributed by atoms with Crippen LogP contribution in [-0.2, 0) is 6.54 Å². The molecule has 0 bridgehead atoms. The van der Waals surface area contributed by atoms with Crippen molar-refractivity contribution in [2.75, 3.05) is 16.8 Å². The van der Waals surface area contributed by atoms with Crippen LogP contribution in [0.25, 0.3) is 5.65 Å². The number of nitrogens with zero attached hydrogens (tertiary/aromatic N) is 3. The first-order chi connectivity index (χ1) is 20.4. The number of nitrogens with one attached hydrogen (secondary N) is 3. The summed E-state index contributed by atoms with van der Waals surface area (Å²) in [5.41, 5.74) is 10.3. The summed E-state index contributed by atoms with van der Waals surface area (Å²) in [5, 5.41) is 21.1. The van der Waals surface area contributed by atoms with E-state index >= 15 is 0 Å². The van der Waals surface area contributed by atoms with Gasteiger partial charge < -0.3 is 32.5 Å². The Labute approximate surface area is 240 Å². The van der Waals surface area contributed by atoms with Gasteiger partial charge in [0.15, 0.2) is 5.65 Å². The minimum atomic E-state index is -1.08. The zero-order chi connectivity index (χ0) is 31.0. The van der Waals surface area contributed by atoms with E-state index < -0.39 is 40.5 Å². The highest BCUT2D eigenvalue weighted by Crippen LogP contribution is 2.23. The maximum Gasteiger partial charge on any atom is 0.335 e. The number of aromatic nitrogens is 3. The number of carboxylic acids is 1. The largest absolute Gasteiger partial charge is 0.478 e. The van der Waals surface area contributed by atoms with Gasteiger partial charge in [-0.1, -0.05) is 18.2 Å². The van der Waals surface area contributed by atoms with E-state index in [1.807, 2.05) is 0 Å². The lowest BCUT2D eigenvalue weighted by Crippen LogP contribution is -2.36. The molecule has 2 aromatic heterocycles. The van der Waals surface area contributed by atoms with Crippen LogP contribution in [0, 0.1) is 5.82 Å². The fourth-order valence-electron chi connectivity index (χ4n) is 4.25. The summed E-state index contributed by atoms with van der Waals surface area (Å²) in [6, 6.07) is 10.5. The Morgan fingerprint density at radius 3 is 2.42 bits per heavy atom. The maximum atomic E-state index is 14.3. The summed E-state index contributed by atoms with van der Waals surface area (Å²) in [4.78, 5) is 64.7. The second-order valence-electron chi connectivity index (χ2n) is 9.55. The van der Waals surface area contributed by atoms with Crippen molar-refractivity contribution >= 4 is 46.2 Å². The third-order valence-electron chi connectivity index (χ3n) is 6.66. The van der Waals surface area contributed by atoms with E-state index in [1.165, 1.54) is 41.0 Å². The Morgan fingerprint density at radius 2 is 1.74 bits per heavy atom. The molecule has 43 heavy (non-hydrogen) atoms. The maximum absolute atomic E-state index is 14.3. The molecule has 3 aromatic carbocycles. The van der Waals surface area contributed by atoms with Gasteiger partial charge in [0.05, 0.1) is 29.2 Å². The molecule has 8 N–H and O–H groups in total. The number of benzene rings is 2. The summed E-state index contributed by atoms with van der Waals surface area (Å²) in [5.74, 6) is -3.08. The van der Waals surface area contributed by atoms with Crippen LogP contribution >= 0.6 is 0 Å². The van der Waals surface area contributed by atoms with E-state index in [-0.39, 0.29) is 51.9 Å². The highest BCUT2D eigenvalue weighted by atomic mass is 19.1. The van der Waals surface area contributed by atoms with E-state index in [0.29, 0.717) is 11.1 Å². The molecule has 2 amide bonds.